The highest BCUT2D eigenvalue weighted by atomic mass is 16.5. The Morgan fingerprint density at radius 1 is 1.15 bits per heavy atom. The first-order chi connectivity index (χ1) is 13.2. The van der Waals surface area contributed by atoms with Gasteiger partial charge in [-0.2, -0.15) is 0 Å². The molecule has 1 saturated heterocycles. The summed E-state index contributed by atoms with van der Waals surface area (Å²) < 4.78 is 5.24. The Morgan fingerprint density at radius 3 is 2.59 bits per heavy atom. The topological polar surface area (TPSA) is 65.6 Å². The van der Waals surface area contributed by atoms with Crippen molar-refractivity contribution in [3.05, 3.63) is 65.9 Å². The molecule has 1 aromatic heterocycles. The van der Waals surface area contributed by atoms with Crippen LogP contribution in [-0.4, -0.2) is 41.1 Å². The van der Waals surface area contributed by atoms with Gasteiger partial charge in [0.25, 0.3) is 5.91 Å². The van der Waals surface area contributed by atoms with Gasteiger partial charge in [0, 0.05) is 30.1 Å². The monoisotopic (exact) mass is 364 g/mol. The van der Waals surface area contributed by atoms with E-state index in [0.29, 0.717) is 18.8 Å². The van der Waals surface area contributed by atoms with Gasteiger partial charge in [-0.15, -0.1) is 0 Å². The lowest BCUT2D eigenvalue weighted by molar-refractivity contribution is 0.0459. The van der Waals surface area contributed by atoms with Crippen LogP contribution >= 0.6 is 0 Å². The Hall–Kier alpha value is -2.79. The van der Waals surface area contributed by atoms with Gasteiger partial charge in [-0.1, -0.05) is 30.3 Å². The number of nitrogens with zero attached hydrogens (tertiary/aromatic N) is 1. The molecule has 1 aliphatic heterocycles. The van der Waals surface area contributed by atoms with Gasteiger partial charge in [-0.3, -0.25) is 4.79 Å². The number of methoxy groups -OCH3 is 1. The van der Waals surface area contributed by atoms with E-state index < -0.39 is 6.10 Å². The van der Waals surface area contributed by atoms with Crippen molar-refractivity contribution in [3.63, 3.8) is 0 Å². The molecule has 27 heavy (non-hydrogen) atoms. The maximum Gasteiger partial charge on any atom is 0.270 e. The van der Waals surface area contributed by atoms with E-state index >= 15 is 0 Å². The number of likely N-dealkylation sites (tertiary alicyclic amines) is 1. The van der Waals surface area contributed by atoms with E-state index in [9.17, 15) is 9.90 Å². The number of rotatable bonds is 4. The minimum Gasteiger partial charge on any atom is -0.497 e. The number of aromatic amines is 1. The van der Waals surface area contributed by atoms with Gasteiger partial charge in [-0.05, 0) is 42.5 Å². The van der Waals surface area contributed by atoms with Gasteiger partial charge in [0.1, 0.15) is 11.4 Å². The Morgan fingerprint density at radius 2 is 1.89 bits per heavy atom. The highest BCUT2D eigenvalue weighted by Gasteiger charge is 2.29. The van der Waals surface area contributed by atoms with Crippen molar-refractivity contribution in [2.45, 2.75) is 18.9 Å². The van der Waals surface area contributed by atoms with E-state index in [1.54, 1.807) is 7.11 Å². The number of H-pyrrole nitrogens is 1. The number of benzene rings is 2. The van der Waals surface area contributed by atoms with Crippen LogP contribution in [0.2, 0.25) is 0 Å². The second-order valence-corrected chi connectivity index (χ2v) is 7.12. The first kappa shape index (κ1) is 17.6. The maximum atomic E-state index is 12.9. The Balaban J connectivity index is 1.42. The van der Waals surface area contributed by atoms with Gasteiger partial charge in [0.15, 0.2) is 0 Å². The SMILES string of the molecule is COc1ccc2cc(C(=O)N3CCC(C(O)c4ccccc4)CC3)[nH]c2c1. The molecule has 1 atom stereocenters. The van der Waals surface area contributed by atoms with E-state index in [-0.39, 0.29) is 11.8 Å². The van der Waals surface area contributed by atoms with Crippen LogP contribution in [0, 0.1) is 5.92 Å². The summed E-state index contributed by atoms with van der Waals surface area (Å²) in [5.41, 5.74) is 2.44. The van der Waals surface area contributed by atoms with Crippen LogP contribution in [0.5, 0.6) is 5.75 Å². The van der Waals surface area contributed by atoms with E-state index in [4.69, 9.17) is 4.74 Å². The standard InChI is InChI=1S/C22H24N2O3/c1-27-18-8-7-17-13-20(23-19(17)14-18)22(26)24-11-9-16(10-12-24)21(25)15-5-3-2-4-6-15/h2-8,13-14,16,21,23,25H,9-12H2,1H3. The van der Waals surface area contributed by atoms with E-state index in [0.717, 1.165) is 35.1 Å². The smallest absolute Gasteiger partial charge is 0.270 e. The van der Waals surface area contributed by atoms with Gasteiger partial charge in [0.05, 0.1) is 13.2 Å². The zero-order chi connectivity index (χ0) is 18.8. The molecule has 5 heteroatoms. The van der Waals surface area contributed by atoms with Crippen LogP contribution < -0.4 is 4.74 Å². The number of piperidine rings is 1. The molecule has 0 radical (unpaired) electrons. The van der Waals surface area contributed by atoms with Crippen LogP contribution in [0.4, 0.5) is 0 Å². The predicted octanol–water partition coefficient (Wildman–Crippen LogP) is 3.76. The minimum atomic E-state index is -0.469. The third kappa shape index (κ3) is 3.55. The highest BCUT2D eigenvalue weighted by molar-refractivity contribution is 5.98. The summed E-state index contributed by atoms with van der Waals surface area (Å²) in [6.45, 7) is 1.32. The molecule has 2 aromatic carbocycles. The fourth-order valence-electron chi connectivity index (χ4n) is 3.86. The first-order valence-electron chi connectivity index (χ1n) is 9.35. The van der Waals surface area contributed by atoms with Gasteiger partial charge in [0.2, 0.25) is 0 Å². The summed E-state index contributed by atoms with van der Waals surface area (Å²) in [6, 6.07) is 17.4. The molecular formula is C22H24N2O3. The Bertz CT molecular complexity index is 927. The van der Waals surface area contributed by atoms with Crippen molar-refractivity contribution in [2.75, 3.05) is 20.2 Å². The van der Waals surface area contributed by atoms with E-state index in [1.165, 1.54) is 0 Å². The van der Waals surface area contributed by atoms with Crippen molar-refractivity contribution in [2.24, 2.45) is 5.92 Å². The second kappa shape index (κ2) is 7.45. The average Bonchev–Trinajstić information content (AvgIpc) is 3.16. The van der Waals surface area contributed by atoms with E-state index in [1.807, 2.05) is 59.5 Å². The quantitative estimate of drug-likeness (QED) is 0.741. The number of fused-ring (bicyclic) bond motifs is 1. The summed E-state index contributed by atoms with van der Waals surface area (Å²) in [7, 11) is 1.63. The molecule has 3 aromatic rings. The molecule has 5 nitrogen and oxygen atoms in total. The molecule has 1 unspecified atom stereocenters. The Kier molecular flexibility index (Phi) is 4.86. The lowest BCUT2D eigenvalue weighted by Crippen LogP contribution is -2.39. The van der Waals surface area contributed by atoms with Crippen LogP contribution in [0.1, 0.15) is 35.0 Å². The molecule has 4 rings (SSSR count). The van der Waals surface area contributed by atoms with Gasteiger partial charge >= 0.3 is 0 Å². The van der Waals surface area contributed by atoms with Crippen molar-refractivity contribution in [3.8, 4) is 5.75 Å². The highest BCUT2D eigenvalue weighted by Crippen LogP contribution is 2.31. The molecule has 140 valence electrons. The average molecular weight is 364 g/mol. The molecule has 1 amide bonds. The number of hydrogen-bond donors (Lipinski definition) is 2. The third-order valence-electron chi connectivity index (χ3n) is 5.47. The number of ether oxygens (including phenoxy) is 1. The van der Waals surface area contributed by atoms with Crippen molar-refractivity contribution >= 4 is 16.8 Å². The molecule has 0 bridgehead atoms. The third-order valence-corrected chi connectivity index (χ3v) is 5.47. The molecular weight excluding hydrogens is 340 g/mol. The van der Waals surface area contributed by atoms with E-state index in [2.05, 4.69) is 4.98 Å². The normalized spacial score (nSPS) is 16.4. The zero-order valence-electron chi connectivity index (χ0n) is 15.4. The predicted molar refractivity (Wildman–Crippen MR) is 105 cm³/mol. The molecule has 1 aliphatic rings. The van der Waals surface area contributed by atoms with Crippen molar-refractivity contribution in [1.29, 1.82) is 0 Å². The minimum absolute atomic E-state index is 0.0119. The maximum absolute atomic E-state index is 12.9. The summed E-state index contributed by atoms with van der Waals surface area (Å²) in [6.07, 6.45) is 1.13. The van der Waals surface area contributed by atoms with Crippen LogP contribution in [0.3, 0.4) is 0 Å². The van der Waals surface area contributed by atoms with Crippen LogP contribution in [0.15, 0.2) is 54.6 Å². The number of amides is 1. The number of aromatic nitrogens is 1. The number of hydrogen-bond acceptors (Lipinski definition) is 3. The fraction of sp³-hybridized carbons (Fsp3) is 0.318. The summed E-state index contributed by atoms with van der Waals surface area (Å²) >= 11 is 0. The number of aliphatic hydroxyl groups excluding tert-OH is 1. The zero-order valence-corrected chi connectivity index (χ0v) is 15.4. The first-order valence-corrected chi connectivity index (χ1v) is 9.35. The second-order valence-electron chi connectivity index (χ2n) is 7.12. The summed E-state index contributed by atoms with van der Waals surface area (Å²) in [5.74, 6) is 0.959. The number of nitrogens with one attached hydrogen (secondary N) is 1. The fourth-order valence-corrected chi connectivity index (χ4v) is 3.86. The number of aliphatic hydroxyl groups is 1. The molecule has 0 aliphatic carbocycles. The molecule has 2 heterocycles. The number of carbonyl (C=O) groups is 1. The summed E-state index contributed by atoms with van der Waals surface area (Å²) in [4.78, 5) is 17.9. The molecule has 0 saturated carbocycles. The largest absolute Gasteiger partial charge is 0.497 e. The van der Waals surface area contributed by atoms with Crippen LogP contribution in [0.25, 0.3) is 10.9 Å². The number of carbonyl (C=O) groups excluding carboxylic acids is 1. The van der Waals surface area contributed by atoms with Gasteiger partial charge < -0.3 is 19.7 Å². The summed E-state index contributed by atoms with van der Waals surface area (Å²) in [5, 5.41) is 11.6. The molecule has 0 spiro atoms. The van der Waals surface area contributed by atoms with Gasteiger partial charge in [-0.25, -0.2) is 0 Å². The lowest BCUT2D eigenvalue weighted by Gasteiger charge is -2.34. The lowest BCUT2D eigenvalue weighted by atomic mass is 9.87. The van der Waals surface area contributed by atoms with Crippen molar-refractivity contribution < 1.29 is 14.6 Å². The van der Waals surface area contributed by atoms with Crippen LogP contribution in [-0.2, 0) is 0 Å². The molecule has 2 N–H and O–H groups in total. The molecule has 1 fully saturated rings. The Labute approximate surface area is 158 Å². The van der Waals surface area contributed by atoms with Crippen molar-refractivity contribution in [1.82, 2.24) is 9.88 Å².